The van der Waals surface area contributed by atoms with Crippen LogP contribution in [0.15, 0.2) is 77.6 Å². The predicted molar refractivity (Wildman–Crippen MR) is 131 cm³/mol. The Morgan fingerprint density at radius 1 is 0.871 bits per heavy atom. The Kier molecular flexibility index (Phi) is 12.0. The first-order chi connectivity index (χ1) is 14.3. The fourth-order valence-electron chi connectivity index (χ4n) is 2.27. The zero-order valence-corrected chi connectivity index (χ0v) is 20.5. The third-order valence-electron chi connectivity index (χ3n) is 3.53. The smallest absolute Gasteiger partial charge is 0.659 e. The number of hydrogen-bond donors (Lipinski definition) is 0. The molecule has 1 heterocycles. The molecule has 0 fully saturated rings. The number of rotatable bonds is 4. The molecule has 0 aliphatic heterocycles. The molecule has 0 bridgehead atoms. The number of allylic oxidation sites excluding steroid dienone is 2. The molecule has 9 heteroatoms. The average molecular weight is 544 g/mol. The van der Waals surface area contributed by atoms with Gasteiger partial charge in [-0.3, -0.25) is 4.99 Å². The van der Waals surface area contributed by atoms with E-state index in [1.165, 1.54) is 0 Å². The summed E-state index contributed by atoms with van der Waals surface area (Å²) >= 11 is 24.4. The minimum Gasteiger partial charge on any atom is -0.659 e. The van der Waals surface area contributed by atoms with Crippen molar-refractivity contribution >= 4 is 69.3 Å². The van der Waals surface area contributed by atoms with Crippen molar-refractivity contribution in [2.24, 2.45) is 4.99 Å². The Labute approximate surface area is 212 Å². The van der Waals surface area contributed by atoms with Crippen LogP contribution in [-0.2, 0) is 17.1 Å². The topological polar surface area (TPSA) is 63.2 Å². The quantitative estimate of drug-likeness (QED) is 0.239. The van der Waals surface area contributed by atoms with E-state index < -0.39 is 0 Å². The van der Waals surface area contributed by atoms with Gasteiger partial charge in [0.05, 0.1) is 10.0 Å². The first-order valence-electron chi connectivity index (χ1n) is 8.74. The minimum absolute atomic E-state index is 0. The molecular formula is C22H18Cl4CuN4. The van der Waals surface area contributed by atoms with E-state index in [4.69, 9.17) is 52.1 Å². The van der Waals surface area contributed by atoms with Gasteiger partial charge in [0.15, 0.2) is 0 Å². The van der Waals surface area contributed by atoms with Crippen LogP contribution < -0.4 is 0 Å². The van der Waals surface area contributed by atoms with Crippen molar-refractivity contribution < 1.29 is 17.1 Å². The molecule has 0 aliphatic rings. The van der Waals surface area contributed by atoms with Crippen LogP contribution in [-0.4, -0.2) is 10.7 Å². The third kappa shape index (κ3) is 9.12. The zero-order valence-electron chi connectivity index (χ0n) is 16.5. The molecule has 1 N–H and O–H groups in total. The molecular weight excluding hydrogens is 526 g/mol. The number of aliphatic imine (C=N–C) groups is 1. The largest absolute Gasteiger partial charge is 2.00 e. The van der Waals surface area contributed by atoms with E-state index in [2.05, 4.69) is 15.3 Å². The molecule has 3 rings (SSSR count). The summed E-state index contributed by atoms with van der Waals surface area (Å²) < 4.78 is 0. The second-order valence-electron chi connectivity index (χ2n) is 6.01. The summed E-state index contributed by atoms with van der Waals surface area (Å²) in [6.07, 6.45) is 3.40. The molecule has 0 saturated carbocycles. The minimum atomic E-state index is 0. The maximum absolute atomic E-state index is 6.88. The van der Waals surface area contributed by atoms with E-state index in [1.807, 2.05) is 13.8 Å². The first-order valence-corrected chi connectivity index (χ1v) is 10.2. The van der Waals surface area contributed by atoms with Crippen molar-refractivity contribution in [1.29, 1.82) is 0 Å². The first kappa shape index (κ1) is 27.3. The number of hydrogen-bond acceptors (Lipinski definition) is 2. The SMILES string of the molecule is CC(/C=C(/C)[N-]c1c(Cl)cccc1Cl)=Nc1c(Cl)cccc1Cl.[Cu+2].[NH-]c1ccccn1. The monoisotopic (exact) mass is 541 g/mol. The second kappa shape index (κ2) is 13.6. The van der Waals surface area contributed by atoms with Gasteiger partial charge in [0.1, 0.15) is 5.69 Å². The number of pyridine rings is 1. The van der Waals surface area contributed by atoms with E-state index in [1.54, 1.807) is 66.9 Å². The molecule has 31 heavy (non-hydrogen) atoms. The number of nitrogens with one attached hydrogen (secondary N) is 1. The summed E-state index contributed by atoms with van der Waals surface area (Å²) in [5.41, 5.74) is 9.38. The van der Waals surface area contributed by atoms with E-state index in [0.29, 0.717) is 48.7 Å². The van der Waals surface area contributed by atoms with Crippen molar-refractivity contribution in [2.45, 2.75) is 13.8 Å². The van der Waals surface area contributed by atoms with Crippen molar-refractivity contribution in [3.63, 3.8) is 0 Å². The van der Waals surface area contributed by atoms with Gasteiger partial charge in [0, 0.05) is 15.8 Å². The number of halogens is 4. The van der Waals surface area contributed by atoms with Crippen molar-refractivity contribution in [1.82, 2.24) is 4.98 Å². The van der Waals surface area contributed by atoms with Gasteiger partial charge in [-0.1, -0.05) is 107 Å². The molecule has 0 amide bonds. The van der Waals surface area contributed by atoms with E-state index in [9.17, 15) is 0 Å². The molecule has 0 unspecified atom stereocenters. The molecule has 4 nitrogen and oxygen atoms in total. The second-order valence-corrected chi connectivity index (χ2v) is 7.64. The number of benzene rings is 2. The predicted octanol–water partition coefficient (Wildman–Crippen LogP) is 9.76. The molecule has 0 saturated heterocycles. The molecule has 0 aliphatic carbocycles. The van der Waals surface area contributed by atoms with Crippen molar-refractivity contribution in [3.05, 3.63) is 104 Å². The van der Waals surface area contributed by atoms with E-state index in [0.717, 1.165) is 0 Å². The molecule has 0 spiro atoms. The van der Waals surface area contributed by atoms with E-state index >= 15 is 0 Å². The Hall–Kier alpha value is -1.72. The van der Waals surface area contributed by atoms with Gasteiger partial charge in [-0.25, -0.2) is 0 Å². The number of nitrogens with zero attached hydrogens (tertiary/aromatic N) is 3. The van der Waals surface area contributed by atoms with Gasteiger partial charge in [0.2, 0.25) is 0 Å². The Morgan fingerprint density at radius 2 is 1.42 bits per heavy atom. The molecule has 165 valence electrons. The maximum Gasteiger partial charge on any atom is 2.00 e. The van der Waals surface area contributed by atoms with Gasteiger partial charge in [-0.15, -0.1) is 0 Å². The van der Waals surface area contributed by atoms with Crippen molar-refractivity contribution in [3.8, 4) is 0 Å². The summed E-state index contributed by atoms with van der Waals surface area (Å²) in [5, 5.41) is 6.41. The molecule has 3 aromatic rings. The molecule has 1 radical (unpaired) electrons. The Morgan fingerprint density at radius 3 is 1.87 bits per heavy atom. The van der Waals surface area contributed by atoms with Crippen LogP contribution in [0.5, 0.6) is 0 Å². The van der Waals surface area contributed by atoms with Crippen LogP contribution in [0.4, 0.5) is 17.2 Å². The third-order valence-corrected chi connectivity index (χ3v) is 4.75. The van der Waals surface area contributed by atoms with Crippen LogP contribution in [0.2, 0.25) is 20.1 Å². The maximum atomic E-state index is 6.88. The Bertz CT molecular complexity index is 1020. The van der Waals surface area contributed by atoms with Gasteiger partial charge < -0.3 is 16.0 Å². The summed E-state index contributed by atoms with van der Waals surface area (Å²) in [7, 11) is 0. The fourth-order valence-corrected chi connectivity index (χ4v) is 3.24. The number of para-hydroxylation sites is 2. The Balaban J connectivity index is 0.000000510. The molecule has 1 aromatic heterocycles. The van der Waals surface area contributed by atoms with Gasteiger partial charge in [-0.05, 0) is 31.2 Å². The van der Waals surface area contributed by atoms with Crippen LogP contribution in [0.1, 0.15) is 13.8 Å². The normalized spacial score (nSPS) is 11.2. The summed E-state index contributed by atoms with van der Waals surface area (Å²) in [4.78, 5) is 8.08. The summed E-state index contributed by atoms with van der Waals surface area (Å²) in [6.45, 7) is 3.68. The number of aromatic nitrogens is 1. The zero-order chi connectivity index (χ0) is 22.1. The van der Waals surface area contributed by atoms with Gasteiger partial charge >= 0.3 is 17.1 Å². The average Bonchev–Trinajstić information content (AvgIpc) is 2.69. The van der Waals surface area contributed by atoms with Gasteiger partial charge in [0.25, 0.3) is 0 Å². The van der Waals surface area contributed by atoms with Crippen LogP contribution in [0.25, 0.3) is 11.1 Å². The molecule has 2 aromatic carbocycles. The van der Waals surface area contributed by atoms with Crippen molar-refractivity contribution in [2.75, 3.05) is 0 Å². The standard InChI is InChI=1S/C17H13Cl4N2.C5H5N2.Cu/c1-10(22-16-12(18)5-3-6-13(16)19)9-11(2)23-17-14(20)7-4-8-15(17)21;6-5-3-1-2-4-7-5;/h3-9H,1-2H3;1-4H,(H-,6,7);/q2*-1;+2/b10-9-,23-11?;;. The van der Waals surface area contributed by atoms with E-state index in [-0.39, 0.29) is 17.1 Å². The van der Waals surface area contributed by atoms with Crippen LogP contribution in [0.3, 0.4) is 0 Å². The summed E-state index contributed by atoms with van der Waals surface area (Å²) in [6, 6.07) is 15.7. The van der Waals surface area contributed by atoms with Gasteiger partial charge in [-0.2, -0.15) is 5.70 Å². The molecule has 0 atom stereocenters. The summed E-state index contributed by atoms with van der Waals surface area (Å²) in [5.74, 6) is 0.322. The van der Waals surface area contributed by atoms with Crippen LogP contribution >= 0.6 is 46.4 Å². The van der Waals surface area contributed by atoms with Crippen LogP contribution in [0, 0.1) is 0 Å². The fraction of sp³-hybridized carbons (Fsp3) is 0.0909.